The zero-order valence-electron chi connectivity index (χ0n) is 10.7. The Morgan fingerprint density at radius 3 is 2.86 bits per heavy atom. The number of nitrogens with two attached hydrogens (primary N) is 1. The Bertz CT molecular complexity index is 850. The molecule has 0 fully saturated rings. The predicted octanol–water partition coefficient (Wildman–Crippen LogP) is 3.51. The number of fused-ring (bicyclic) bond motifs is 1. The van der Waals surface area contributed by atoms with Crippen LogP contribution in [0.1, 0.15) is 5.56 Å². The van der Waals surface area contributed by atoms with E-state index in [0.29, 0.717) is 22.4 Å². The van der Waals surface area contributed by atoms with Gasteiger partial charge < -0.3 is 10.2 Å². The molecule has 2 aromatic carbocycles. The van der Waals surface area contributed by atoms with Crippen LogP contribution in [0.15, 0.2) is 46.0 Å². The zero-order chi connectivity index (χ0) is 15.0. The van der Waals surface area contributed by atoms with Gasteiger partial charge in [-0.25, -0.2) is 13.6 Å². The lowest BCUT2D eigenvalue weighted by molar-refractivity contribution is 0.477. The largest absolute Gasteiger partial charge is 0.430 e. The molecule has 3 aromatic rings. The van der Waals surface area contributed by atoms with Crippen molar-refractivity contribution in [3.63, 3.8) is 0 Å². The van der Waals surface area contributed by atoms with Crippen LogP contribution in [0.4, 0.5) is 10.1 Å². The van der Waals surface area contributed by atoms with E-state index in [1.54, 1.807) is 18.2 Å². The minimum Gasteiger partial charge on any atom is -0.430 e. The maximum Gasteiger partial charge on any atom is 0.288 e. The van der Waals surface area contributed by atoms with Gasteiger partial charge in [-0.15, -0.1) is 0 Å². The highest BCUT2D eigenvalue weighted by Crippen LogP contribution is 2.23. The first-order chi connectivity index (χ1) is 10.0. The number of hydrogen-bond donors (Lipinski definition) is 1. The second kappa shape index (κ2) is 5.46. The molecule has 1 unspecified atom stereocenters. The Labute approximate surface area is 127 Å². The lowest BCUT2D eigenvalue weighted by Gasteiger charge is -2.00. The quantitative estimate of drug-likeness (QED) is 0.748. The smallest absolute Gasteiger partial charge is 0.288 e. The van der Waals surface area contributed by atoms with Gasteiger partial charge in [0.25, 0.3) is 5.22 Å². The molecule has 2 N–H and O–H groups in total. The first-order valence-corrected chi connectivity index (χ1v) is 7.71. The van der Waals surface area contributed by atoms with E-state index in [1.807, 2.05) is 0 Å². The minimum atomic E-state index is -1.49. The molecule has 7 heteroatoms. The highest BCUT2D eigenvalue weighted by atomic mass is 35.5. The molecule has 0 radical (unpaired) electrons. The molecule has 0 spiro atoms. The molecule has 4 nitrogen and oxygen atoms in total. The number of aromatic nitrogens is 1. The normalized spacial score (nSPS) is 12.7. The van der Waals surface area contributed by atoms with E-state index in [9.17, 15) is 8.60 Å². The number of benzene rings is 2. The van der Waals surface area contributed by atoms with Gasteiger partial charge in [-0.2, -0.15) is 0 Å². The molecule has 1 aromatic heterocycles. The van der Waals surface area contributed by atoms with Gasteiger partial charge >= 0.3 is 0 Å². The van der Waals surface area contributed by atoms with Crippen molar-refractivity contribution in [2.75, 3.05) is 5.73 Å². The standard InChI is InChI=1S/C14H10ClFN2O2S/c15-10-5-8(1-3-11(10)16)7-21(19)14-18-12-4-2-9(17)6-13(12)20-14/h1-6H,7,17H2. The van der Waals surface area contributed by atoms with Crippen LogP contribution >= 0.6 is 11.6 Å². The lowest BCUT2D eigenvalue weighted by Crippen LogP contribution is -1.97. The Morgan fingerprint density at radius 1 is 1.29 bits per heavy atom. The summed E-state index contributed by atoms with van der Waals surface area (Å²) in [6, 6.07) is 9.22. The van der Waals surface area contributed by atoms with Crippen LogP contribution in [0.2, 0.25) is 5.02 Å². The molecule has 0 aliphatic carbocycles. The van der Waals surface area contributed by atoms with Crippen LogP contribution in [0.5, 0.6) is 0 Å². The minimum absolute atomic E-state index is 0.00478. The van der Waals surface area contributed by atoms with E-state index in [4.69, 9.17) is 21.8 Å². The average molecular weight is 325 g/mol. The summed E-state index contributed by atoms with van der Waals surface area (Å²) in [6.45, 7) is 0. The van der Waals surface area contributed by atoms with Crippen LogP contribution in [0.3, 0.4) is 0 Å². The SMILES string of the molecule is Nc1ccc2nc(S(=O)Cc3ccc(F)c(Cl)c3)oc2c1. The van der Waals surface area contributed by atoms with Gasteiger partial charge in [-0.3, -0.25) is 0 Å². The van der Waals surface area contributed by atoms with Gasteiger partial charge in [0.2, 0.25) is 0 Å². The lowest BCUT2D eigenvalue weighted by atomic mass is 10.2. The molecular formula is C14H10ClFN2O2S. The van der Waals surface area contributed by atoms with Gasteiger partial charge in [0.1, 0.15) is 22.1 Å². The molecule has 0 saturated heterocycles. The Hall–Kier alpha value is -1.92. The molecule has 0 aliphatic rings. The fourth-order valence-electron chi connectivity index (χ4n) is 1.86. The number of oxazole rings is 1. The average Bonchev–Trinajstić information content (AvgIpc) is 2.86. The Balaban J connectivity index is 1.87. The number of hydrogen-bond acceptors (Lipinski definition) is 4. The van der Waals surface area contributed by atoms with E-state index in [2.05, 4.69) is 4.98 Å². The molecular weight excluding hydrogens is 315 g/mol. The molecule has 21 heavy (non-hydrogen) atoms. The van der Waals surface area contributed by atoms with Crippen molar-refractivity contribution >= 4 is 39.2 Å². The summed E-state index contributed by atoms with van der Waals surface area (Å²) < 4.78 is 30.8. The van der Waals surface area contributed by atoms with Gasteiger partial charge in [-0.05, 0) is 29.8 Å². The maximum atomic E-state index is 13.1. The van der Waals surface area contributed by atoms with E-state index in [0.717, 1.165) is 0 Å². The summed E-state index contributed by atoms with van der Waals surface area (Å²) in [5.74, 6) is -0.369. The molecule has 0 bridgehead atoms. The second-order valence-corrected chi connectivity index (χ2v) is 6.18. The number of nitrogen functional groups attached to an aromatic ring is 1. The van der Waals surface area contributed by atoms with Crippen molar-refractivity contribution in [1.29, 1.82) is 0 Å². The predicted molar refractivity (Wildman–Crippen MR) is 79.9 cm³/mol. The van der Waals surface area contributed by atoms with Crippen molar-refractivity contribution in [2.45, 2.75) is 11.0 Å². The summed E-state index contributed by atoms with van der Waals surface area (Å²) >= 11 is 5.70. The van der Waals surface area contributed by atoms with E-state index < -0.39 is 16.6 Å². The third kappa shape index (κ3) is 2.91. The van der Waals surface area contributed by atoms with E-state index >= 15 is 0 Å². The number of anilines is 1. The fraction of sp³-hybridized carbons (Fsp3) is 0.0714. The van der Waals surface area contributed by atoms with Crippen molar-refractivity contribution in [2.24, 2.45) is 0 Å². The van der Waals surface area contributed by atoms with Crippen LogP contribution in [-0.2, 0) is 16.6 Å². The second-order valence-electron chi connectivity index (χ2n) is 4.45. The van der Waals surface area contributed by atoms with Crippen LogP contribution in [0, 0.1) is 5.82 Å². The third-order valence-corrected chi connectivity index (χ3v) is 4.32. The molecule has 0 amide bonds. The molecule has 3 rings (SSSR count). The third-order valence-electron chi connectivity index (χ3n) is 2.87. The van der Waals surface area contributed by atoms with Crippen molar-refractivity contribution in [3.8, 4) is 0 Å². The summed E-state index contributed by atoms with van der Waals surface area (Å²) in [5.41, 5.74) is 7.90. The first-order valence-electron chi connectivity index (χ1n) is 6.01. The van der Waals surface area contributed by atoms with Crippen molar-refractivity contribution in [1.82, 2.24) is 4.98 Å². The van der Waals surface area contributed by atoms with Crippen molar-refractivity contribution < 1.29 is 13.0 Å². The summed E-state index contributed by atoms with van der Waals surface area (Å²) in [5, 5.41) is 0.103. The van der Waals surface area contributed by atoms with Gasteiger partial charge in [0.15, 0.2) is 5.58 Å². The topological polar surface area (TPSA) is 69.1 Å². The summed E-state index contributed by atoms with van der Waals surface area (Å²) in [6.07, 6.45) is 0. The molecule has 1 heterocycles. The van der Waals surface area contributed by atoms with Crippen molar-refractivity contribution in [3.05, 3.63) is 52.8 Å². The number of halogens is 2. The van der Waals surface area contributed by atoms with Gasteiger partial charge in [0.05, 0.1) is 10.8 Å². The summed E-state index contributed by atoms with van der Waals surface area (Å²) in [4.78, 5) is 4.16. The Kier molecular flexibility index (Phi) is 3.65. The fourth-order valence-corrected chi connectivity index (χ4v) is 3.05. The first kappa shape index (κ1) is 14.0. The number of nitrogens with zero attached hydrogens (tertiary/aromatic N) is 1. The monoisotopic (exact) mass is 324 g/mol. The molecule has 1 atom stereocenters. The van der Waals surface area contributed by atoms with Crippen LogP contribution in [-0.4, -0.2) is 9.19 Å². The van der Waals surface area contributed by atoms with Crippen LogP contribution < -0.4 is 5.73 Å². The highest BCUT2D eigenvalue weighted by molar-refractivity contribution is 7.84. The maximum absolute atomic E-state index is 13.1. The van der Waals surface area contributed by atoms with Crippen LogP contribution in [0.25, 0.3) is 11.1 Å². The van der Waals surface area contributed by atoms with E-state index in [1.165, 1.54) is 18.2 Å². The Morgan fingerprint density at radius 2 is 2.10 bits per heavy atom. The summed E-state index contributed by atoms with van der Waals surface area (Å²) in [7, 11) is -1.49. The molecule has 108 valence electrons. The van der Waals surface area contributed by atoms with E-state index in [-0.39, 0.29) is 16.0 Å². The number of rotatable bonds is 3. The van der Waals surface area contributed by atoms with Gasteiger partial charge in [0, 0.05) is 11.8 Å². The highest BCUT2D eigenvalue weighted by Gasteiger charge is 2.14. The van der Waals surface area contributed by atoms with Gasteiger partial charge in [-0.1, -0.05) is 17.7 Å². The zero-order valence-corrected chi connectivity index (χ0v) is 12.2. The molecule has 0 saturated carbocycles. The molecule has 0 aliphatic heterocycles.